The van der Waals surface area contributed by atoms with E-state index >= 15 is 0 Å². The molecule has 0 saturated carbocycles. The summed E-state index contributed by atoms with van der Waals surface area (Å²) >= 11 is 5.98. The highest BCUT2D eigenvalue weighted by molar-refractivity contribution is 6.31. The maximum absolute atomic E-state index is 5.98. The average Bonchev–Trinajstić information content (AvgIpc) is 3.01. The molecule has 0 aliphatic rings. The molecular formula is C15H17ClN4. The van der Waals surface area contributed by atoms with E-state index in [1.165, 1.54) is 16.6 Å². The second-order valence-electron chi connectivity index (χ2n) is 4.88. The Morgan fingerprint density at radius 3 is 3.05 bits per heavy atom. The third-order valence-corrected chi connectivity index (χ3v) is 3.76. The molecule has 0 spiro atoms. The molecule has 5 heteroatoms. The maximum atomic E-state index is 5.98. The van der Waals surface area contributed by atoms with Gasteiger partial charge in [-0.3, -0.25) is 4.68 Å². The van der Waals surface area contributed by atoms with Crippen LogP contribution >= 0.6 is 11.6 Å². The van der Waals surface area contributed by atoms with Gasteiger partial charge in [0.25, 0.3) is 0 Å². The number of nitrogens with one attached hydrogen (secondary N) is 2. The molecule has 0 amide bonds. The second-order valence-corrected chi connectivity index (χ2v) is 5.31. The molecule has 2 heterocycles. The highest BCUT2D eigenvalue weighted by Gasteiger charge is 2.04. The summed E-state index contributed by atoms with van der Waals surface area (Å²) in [7, 11) is 1.97. The number of hydrogen-bond donors (Lipinski definition) is 2. The minimum Gasteiger partial charge on any atom is -0.361 e. The van der Waals surface area contributed by atoms with Gasteiger partial charge in [0.1, 0.15) is 0 Å². The molecule has 2 N–H and O–H groups in total. The van der Waals surface area contributed by atoms with E-state index in [0.717, 1.165) is 30.0 Å². The number of aromatic amines is 1. The van der Waals surface area contributed by atoms with E-state index in [1.807, 2.05) is 36.3 Å². The van der Waals surface area contributed by atoms with Crippen molar-refractivity contribution in [2.24, 2.45) is 7.05 Å². The van der Waals surface area contributed by atoms with Crippen molar-refractivity contribution in [3.05, 3.63) is 52.9 Å². The molecule has 0 aliphatic heterocycles. The van der Waals surface area contributed by atoms with Gasteiger partial charge in [0, 0.05) is 60.6 Å². The molecule has 0 radical (unpaired) electrons. The fourth-order valence-corrected chi connectivity index (χ4v) is 2.56. The number of H-pyrrole nitrogens is 1. The van der Waals surface area contributed by atoms with E-state index in [1.54, 1.807) is 0 Å². The smallest absolute Gasteiger partial charge is 0.0492 e. The number of benzene rings is 1. The summed E-state index contributed by atoms with van der Waals surface area (Å²) < 4.78 is 1.91. The molecule has 2 aromatic heterocycles. The van der Waals surface area contributed by atoms with Gasteiger partial charge in [0.15, 0.2) is 0 Å². The first kappa shape index (κ1) is 13.2. The van der Waals surface area contributed by atoms with Gasteiger partial charge in [-0.2, -0.15) is 5.10 Å². The number of rotatable bonds is 5. The van der Waals surface area contributed by atoms with Gasteiger partial charge in [-0.15, -0.1) is 0 Å². The number of aryl methyl sites for hydroxylation is 1. The minimum atomic E-state index is 0.759. The zero-order valence-corrected chi connectivity index (χ0v) is 12.1. The first-order chi connectivity index (χ1) is 9.74. The number of aromatic nitrogens is 3. The Hall–Kier alpha value is -1.78. The Bertz CT molecular complexity index is 714. The number of halogens is 1. The number of nitrogens with zero attached hydrogens (tertiary/aromatic N) is 2. The second kappa shape index (κ2) is 5.69. The summed E-state index contributed by atoms with van der Waals surface area (Å²) in [4.78, 5) is 3.25. The number of fused-ring (bicyclic) bond motifs is 1. The summed E-state index contributed by atoms with van der Waals surface area (Å²) in [5, 5.41) is 9.62. The van der Waals surface area contributed by atoms with Crippen molar-refractivity contribution in [1.29, 1.82) is 0 Å². The molecule has 0 bridgehead atoms. The van der Waals surface area contributed by atoms with Gasteiger partial charge in [-0.1, -0.05) is 17.7 Å². The van der Waals surface area contributed by atoms with E-state index in [9.17, 15) is 0 Å². The van der Waals surface area contributed by atoms with Crippen LogP contribution in [0.1, 0.15) is 11.3 Å². The van der Waals surface area contributed by atoms with Gasteiger partial charge in [0.05, 0.1) is 0 Å². The average molecular weight is 289 g/mol. The molecule has 0 atom stereocenters. The minimum absolute atomic E-state index is 0.759. The fraction of sp³-hybridized carbons (Fsp3) is 0.267. The topological polar surface area (TPSA) is 45.6 Å². The SMILES string of the molecule is Cn1nccc1CCNCc1c[nH]c2cc(Cl)ccc12. The molecule has 1 aromatic carbocycles. The van der Waals surface area contributed by atoms with Crippen LogP contribution < -0.4 is 5.32 Å². The van der Waals surface area contributed by atoms with Crippen molar-refractivity contribution in [1.82, 2.24) is 20.1 Å². The molecule has 104 valence electrons. The van der Waals surface area contributed by atoms with E-state index in [-0.39, 0.29) is 0 Å². The van der Waals surface area contributed by atoms with Crippen LogP contribution in [-0.4, -0.2) is 21.3 Å². The van der Waals surface area contributed by atoms with Gasteiger partial charge in [0.2, 0.25) is 0 Å². The predicted molar refractivity (Wildman–Crippen MR) is 81.9 cm³/mol. The van der Waals surface area contributed by atoms with E-state index < -0.39 is 0 Å². The van der Waals surface area contributed by atoms with Crippen LogP contribution in [-0.2, 0) is 20.0 Å². The van der Waals surface area contributed by atoms with Crippen LogP contribution in [0.5, 0.6) is 0 Å². The van der Waals surface area contributed by atoms with Gasteiger partial charge in [-0.05, 0) is 23.8 Å². The maximum Gasteiger partial charge on any atom is 0.0492 e. The molecule has 20 heavy (non-hydrogen) atoms. The normalized spacial score (nSPS) is 11.3. The quantitative estimate of drug-likeness (QED) is 0.709. The molecule has 4 nitrogen and oxygen atoms in total. The largest absolute Gasteiger partial charge is 0.361 e. The van der Waals surface area contributed by atoms with Gasteiger partial charge < -0.3 is 10.3 Å². The Morgan fingerprint density at radius 2 is 2.25 bits per heavy atom. The van der Waals surface area contributed by atoms with E-state index in [0.29, 0.717) is 0 Å². The fourth-order valence-electron chi connectivity index (χ4n) is 2.39. The Morgan fingerprint density at radius 1 is 1.35 bits per heavy atom. The summed E-state index contributed by atoms with van der Waals surface area (Å²) in [6.07, 6.45) is 4.85. The molecule has 0 saturated heterocycles. The highest BCUT2D eigenvalue weighted by Crippen LogP contribution is 2.21. The van der Waals surface area contributed by atoms with Crippen molar-refractivity contribution in [3.8, 4) is 0 Å². The van der Waals surface area contributed by atoms with Gasteiger partial charge in [-0.25, -0.2) is 0 Å². The summed E-state index contributed by atoms with van der Waals surface area (Å²) in [6.45, 7) is 1.78. The van der Waals surface area contributed by atoms with Gasteiger partial charge >= 0.3 is 0 Å². The van der Waals surface area contributed by atoms with E-state index in [2.05, 4.69) is 27.5 Å². The highest BCUT2D eigenvalue weighted by atomic mass is 35.5. The lowest BCUT2D eigenvalue weighted by Crippen LogP contribution is -2.17. The van der Waals surface area contributed by atoms with Crippen molar-refractivity contribution in [2.75, 3.05) is 6.54 Å². The van der Waals surface area contributed by atoms with Crippen molar-refractivity contribution >= 4 is 22.5 Å². The molecule has 0 aliphatic carbocycles. The molecule has 3 rings (SSSR count). The lowest BCUT2D eigenvalue weighted by atomic mass is 10.2. The van der Waals surface area contributed by atoms with Crippen molar-refractivity contribution < 1.29 is 0 Å². The number of hydrogen-bond acceptors (Lipinski definition) is 2. The third kappa shape index (κ3) is 2.71. The summed E-state index contributed by atoms with van der Waals surface area (Å²) in [5.41, 5.74) is 3.59. The Labute approximate surface area is 122 Å². The first-order valence-corrected chi connectivity index (χ1v) is 7.05. The van der Waals surface area contributed by atoms with Crippen molar-refractivity contribution in [3.63, 3.8) is 0 Å². The van der Waals surface area contributed by atoms with E-state index in [4.69, 9.17) is 11.6 Å². The Kier molecular flexibility index (Phi) is 3.76. The lowest BCUT2D eigenvalue weighted by Gasteiger charge is -2.04. The van der Waals surface area contributed by atoms with Crippen LogP contribution in [0.4, 0.5) is 0 Å². The standard InChI is InChI=1S/C15H17ClN4/c1-20-13(5-7-19-20)4-6-17-9-11-10-18-15-8-12(16)2-3-14(11)15/h2-3,5,7-8,10,17-18H,4,6,9H2,1H3. The zero-order valence-electron chi connectivity index (χ0n) is 11.4. The van der Waals surface area contributed by atoms with Crippen LogP contribution in [0.15, 0.2) is 36.7 Å². The van der Waals surface area contributed by atoms with Crippen molar-refractivity contribution in [2.45, 2.75) is 13.0 Å². The molecule has 0 unspecified atom stereocenters. The molecule has 3 aromatic rings. The zero-order chi connectivity index (χ0) is 13.9. The summed E-state index contributed by atoms with van der Waals surface area (Å²) in [6, 6.07) is 7.99. The summed E-state index contributed by atoms with van der Waals surface area (Å²) in [5.74, 6) is 0. The van der Waals surface area contributed by atoms with Crippen LogP contribution in [0.2, 0.25) is 5.02 Å². The molecule has 0 fully saturated rings. The Balaban J connectivity index is 1.59. The predicted octanol–water partition coefficient (Wildman–Crippen LogP) is 2.89. The van der Waals surface area contributed by atoms with Crippen LogP contribution in [0, 0.1) is 0 Å². The van der Waals surface area contributed by atoms with Crippen LogP contribution in [0.25, 0.3) is 10.9 Å². The monoisotopic (exact) mass is 288 g/mol. The van der Waals surface area contributed by atoms with Crippen LogP contribution in [0.3, 0.4) is 0 Å². The third-order valence-electron chi connectivity index (χ3n) is 3.53. The molecular weight excluding hydrogens is 272 g/mol. The first-order valence-electron chi connectivity index (χ1n) is 6.67. The lowest BCUT2D eigenvalue weighted by molar-refractivity contribution is 0.644.